The van der Waals surface area contributed by atoms with Crippen molar-refractivity contribution in [3.05, 3.63) is 35.9 Å². The highest BCUT2D eigenvalue weighted by atomic mass is 32.1. The molecule has 19 heavy (non-hydrogen) atoms. The molecule has 0 saturated carbocycles. The second-order valence-corrected chi connectivity index (χ2v) is 5.50. The Labute approximate surface area is 119 Å². The molecule has 104 valence electrons. The Bertz CT molecular complexity index is 413. The SMILES string of the molecule is NCC1CCN(C(=O)OCc2ccccc2)CC1S. The fourth-order valence-electron chi connectivity index (χ4n) is 2.23. The van der Waals surface area contributed by atoms with Gasteiger partial charge in [0.1, 0.15) is 6.61 Å². The van der Waals surface area contributed by atoms with Gasteiger partial charge in [-0.05, 0) is 24.4 Å². The van der Waals surface area contributed by atoms with Crippen LogP contribution in [0.25, 0.3) is 0 Å². The molecule has 4 nitrogen and oxygen atoms in total. The maximum atomic E-state index is 12.0. The summed E-state index contributed by atoms with van der Waals surface area (Å²) < 4.78 is 5.31. The van der Waals surface area contributed by atoms with Gasteiger partial charge in [0, 0.05) is 18.3 Å². The number of benzene rings is 1. The molecule has 1 aliphatic heterocycles. The van der Waals surface area contributed by atoms with Crippen LogP contribution in [0.3, 0.4) is 0 Å². The van der Waals surface area contributed by atoms with Crippen molar-refractivity contribution < 1.29 is 9.53 Å². The number of thiol groups is 1. The molecular weight excluding hydrogens is 260 g/mol. The molecule has 2 atom stereocenters. The second-order valence-electron chi connectivity index (χ2n) is 4.84. The first kappa shape index (κ1) is 14.2. The average Bonchev–Trinajstić information content (AvgIpc) is 2.45. The van der Waals surface area contributed by atoms with E-state index < -0.39 is 0 Å². The normalized spacial score (nSPS) is 23.2. The van der Waals surface area contributed by atoms with Gasteiger partial charge < -0.3 is 15.4 Å². The van der Waals surface area contributed by atoms with Crippen molar-refractivity contribution in [3.63, 3.8) is 0 Å². The fourth-order valence-corrected chi connectivity index (χ4v) is 2.70. The minimum absolute atomic E-state index is 0.142. The van der Waals surface area contributed by atoms with Gasteiger partial charge >= 0.3 is 6.09 Å². The second kappa shape index (κ2) is 6.82. The molecule has 0 bridgehead atoms. The number of amides is 1. The predicted octanol–water partition coefficient (Wildman–Crippen LogP) is 1.90. The largest absolute Gasteiger partial charge is 0.445 e. The van der Waals surface area contributed by atoms with E-state index in [1.54, 1.807) is 4.90 Å². The lowest BCUT2D eigenvalue weighted by atomic mass is 9.97. The Balaban J connectivity index is 1.81. The summed E-state index contributed by atoms with van der Waals surface area (Å²) in [5.74, 6) is 0.390. The molecular formula is C14H20N2O2S. The molecule has 0 spiro atoms. The molecule has 5 heteroatoms. The molecule has 1 aromatic carbocycles. The zero-order valence-electron chi connectivity index (χ0n) is 10.9. The van der Waals surface area contributed by atoms with E-state index in [0.717, 1.165) is 12.0 Å². The summed E-state index contributed by atoms with van der Waals surface area (Å²) in [4.78, 5) is 13.7. The van der Waals surface area contributed by atoms with Gasteiger partial charge in [-0.1, -0.05) is 30.3 Å². The van der Waals surface area contributed by atoms with Gasteiger partial charge in [-0.2, -0.15) is 12.6 Å². The molecule has 1 heterocycles. The summed E-state index contributed by atoms with van der Waals surface area (Å²) in [6.07, 6.45) is 0.629. The standard InChI is InChI=1S/C14H20N2O2S/c15-8-12-6-7-16(9-13(12)19)14(17)18-10-11-4-2-1-3-5-11/h1-5,12-13,19H,6-10,15H2. The maximum absolute atomic E-state index is 12.0. The monoisotopic (exact) mass is 280 g/mol. The topological polar surface area (TPSA) is 55.6 Å². The number of likely N-dealkylation sites (tertiary alicyclic amines) is 1. The summed E-state index contributed by atoms with van der Waals surface area (Å²) in [5, 5.41) is 0.142. The number of nitrogens with two attached hydrogens (primary N) is 1. The van der Waals surface area contributed by atoms with Crippen LogP contribution >= 0.6 is 12.6 Å². The minimum atomic E-state index is -0.265. The Morgan fingerprint density at radius 2 is 2.16 bits per heavy atom. The number of rotatable bonds is 3. The number of hydrogen-bond donors (Lipinski definition) is 2. The number of nitrogens with zero attached hydrogens (tertiary/aromatic N) is 1. The van der Waals surface area contributed by atoms with Crippen molar-refractivity contribution in [1.82, 2.24) is 4.90 Å². The first-order valence-corrected chi connectivity index (χ1v) is 7.06. The number of carbonyl (C=O) groups is 1. The van der Waals surface area contributed by atoms with E-state index >= 15 is 0 Å². The fraction of sp³-hybridized carbons (Fsp3) is 0.500. The first-order valence-electron chi connectivity index (χ1n) is 6.54. The molecule has 0 radical (unpaired) electrons. The third kappa shape index (κ3) is 3.88. The molecule has 1 amide bonds. The third-order valence-corrected chi connectivity index (χ3v) is 4.07. The van der Waals surface area contributed by atoms with E-state index in [1.165, 1.54) is 0 Å². The molecule has 2 rings (SSSR count). The lowest BCUT2D eigenvalue weighted by Crippen LogP contribution is -2.46. The molecule has 1 fully saturated rings. The Morgan fingerprint density at radius 1 is 1.42 bits per heavy atom. The number of hydrogen-bond acceptors (Lipinski definition) is 4. The van der Waals surface area contributed by atoms with Crippen LogP contribution in [0.1, 0.15) is 12.0 Å². The van der Waals surface area contributed by atoms with Crippen LogP contribution in [-0.4, -0.2) is 35.9 Å². The van der Waals surface area contributed by atoms with Gasteiger partial charge in [0.05, 0.1) is 0 Å². The Kier molecular flexibility index (Phi) is 5.10. The summed E-state index contributed by atoms with van der Waals surface area (Å²) in [5.41, 5.74) is 6.66. The van der Waals surface area contributed by atoms with Crippen molar-refractivity contribution in [1.29, 1.82) is 0 Å². The quantitative estimate of drug-likeness (QED) is 0.832. The van der Waals surface area contributed by atoms with Crippen LogP contribution in [0.4, 0.5) is 4.79 Å². The summed E-state index contributed by atoms with van der Waals surface area (Å²) >= 11 is 4.50. The van der Waals surface area contributed by atoms with Gasteiger partial charge in [-0.25, -0.2) is 4.79 Å². The van der Waals surface area contributed by atoms with Crippen LogP contribution < -0.4 is 5.73 Å². The van der Waals surface area contributed by atoms with Crippen molar-refractivity contribution in [3.8, 4) is 0 Å². The van der Waals surface area contributed by atoms with Gasteiger partial charge in [0.15, 0.2) is 0 Å². The molecule has 2 N–H and O–H groups in total. The maximum Gasteiger partial charge on any atom is 0.410 e. The zero-order chi connectivity index (χ0) is 13.7. The Morgan fingerprint density at radius 3 is 2.79 bits per heavy atom. The van der Waals surface area contributed by atoms with E-state index in [4.69, 9.17) is 10.5 Å². The summed E-state index contributed by atoms with van der Waals surface area (Å²) in [6, 6.07) is 9.68. The van der Waals surface area contributed by atoms with Crippen LogP contribution in [0.5, 0.6) is 0 Å². The highest BCUT2D eigenvalue weighted by molar-refractivity contribution is 7.81. The van der Waals surface area contributed by atoms with Gasteiger partial charge in [0.2, 0.25) is 0 Å². The molecule has 1 aliphatic rings. The summed E-state index contributed by atoms with van der Waals surface area (Å²) in [6.45, 7) is 2.25. The van der Waals surface area contributed by atoms with Gasteiger partial charge in [-0.3, -0.25) is 0 Å². The molecule has 1 saturated heterocycles. The van der Waals surface area contributed by atoms with Gasteiger partial charge in [0.25, 0.3) is 0 Å². The van der Waals surface area contributed by atoms with Crippen LogP contribution in [0.15, 0.2) is 30.3 Å². The third-order valence-electron chi connectivity index (χ3n) is 3.49. The smallest absolute Gasteiger partial charge is 0.410 e. The molecule has 1 aromatic rings. The van der Waals surface area contributed by atoms with E-state index in [1.807, 2.05) is 30.3 Å². The van der Waals surface area contributed by atoms with Crippen molar-refractivity contribution in [2.45, 2.75) is 18.3 Å². The lowest BCUT2D eigenvalue weighted by molar-refractivity contribution is 0.0845. The van der Waals surface area contributed by atoms with Gasteiger partial charge in [-0.15, -0.1) is 0 Å². The number of ether oxygens (including phenoxy) is 1. The van der Waals surface area contributed by atoms with Crippen molar-refractivity contribution in [2.24, 2.45) is 11.7 Å². The van der Waals surface area contributed by atoms with E-state index in [2.05, 4.69) is 12.6 Å². The Hall–Kier alpha value is -1.20. The van der Waals surface area contributed by atoms with Crippen LogP contribution in [0.2, 0.25) is 0 Å². The van der Waals surface area contributed by atoms with Crippen LogP contribution in [-0.2, 0) is 11.3 Å². The highest BCUT2D eigenvalue weighted by Crippen LogP contribution is 2.21. The zero-order valence-corrected chi connectivity index (χ0v) is 11.8. The van der Waals surface area contributed by atoms with Crippen molar-refractivity contribution in [2.75, 3.05) is 19.6 Å². The summed E-state index contributed by atoms with van der Waals surface area (Å²) in [7, 11) is 0. The minimum Gasteiger partial charge on any atom is -0.445 e. The highest BCUT2D eigenvalue weighted by Gasteiger charge is 2.29. The van der Waals surface area contributed by atoms with Crippen molar-refractivity contribution >= 4 is 18.7 Å². The number of carbonyl (C=O) groups excluding carboxylic acids is 1. The van der Waals surface area contributed by atoms with E-state index in [-0.39, 0.29) is 11.3 Å². The number of piperidine rings is 1. The lowest BCUT2D eigenvalue weighted by Gasteiger charge is -2.35. The average molecular weight is 280 g/mol. The van der Waals surface area contributed by atoms with Crippen LogP contribution in [0, 0.1) is 5.92 Å². The van der Waals surface area contributed by atoms with E-state index in [9.17, 15) is 4.79 Å². The van der Waals surface area contributed by atoms with E-state index in [0.29, 0.717) is 32.2 Å². The molecule has 0 aliphatic carbocycles. The predicted molar refractivity (Wildman–Crippen MR) is 78.1 cm³/mol. The molecule has 2 unspecified atom stereocenters. The molecule has 0 aromatic heterocycles. The first-order chi connectivity index (χ1) is 9.20.